The van der Waals surface area contributed by atoms with Crippen LogP contribution in [0.1, 0.15) is 6.42 Å². The fourth-order valence-corrected chi connectivity index (χ4v) is 1.37. The molecule has 1 saturated carbocycles. The molecule has 1 fully saturated rings. The van der Waals surface area contributed by atoms with E-state index in [9.17, 15) is 4.79 Å². The zero-order valence-electron chi connectivity index (χ0n) is 5.79. The van der Waals surface area contributed by atoms with Crippen LogP contribution in [0.5, 0.6) is 0 Å². The van der Waals surface area contributed by atoms with Crippen LogP contribution in [0.3, 0.4) is 0 Å². The van der Waals surface area contributed by atoms with Crippen LogP contribution < -0.4 is 10.6 Å². The molecule has 0 saturated heterocycles. The third-order valence-corrected chi connectivity index (χ3v) is 1.97. The fourth-order valence-electron chi connectivity index (χ4n) is 1.22. The van der Waals surface area contributed by atoms with Gasteiger partial charge in [-0.1, -0.05) is 0 Å². The Balaban J connectivity index is 2.24. The number of fused-ring (bicyclic) bond motifs is 1. The second-order valence-electron chi connectivity index (χ2n) is 2.61. The number of urea groups is 1. The molecule has 2 rings (SSSR count). The van der Waals surface area contributed by atoms with Crippen molar-refractivity contribution < 1.29 is 4.79 Å². The standard InChI is InChI=1S/C7H8N2OS/c10-7-8-5(1-2-11)4-3-6(4)9-7/h1-2,6,11H,3H2,(H2,8,9,10)/b2-1-. The number of hydrogen-bond donors (Lipinski definition) is 3. The quantitative estimate of drug-likeness (QED) is 0.497. The summed E-state index contributed by atoms with van der Waals surface area (Å²) in [6, 6.07) is 0.181. The first kappa shape index (κ1) is 6.79. The van der Waals surface area contributed by atoms with Crippen LogP contribution in [0.4, 0.5) is 4.79 Å². The van der Waals surface area contributed by atoms with Crippen LogP contribution in [-0.4, -0.2) is 12.1 Å². The lowest BCUT2D eigenvalue weighted by atomic mass is 10.3. The summed E-state index contributed by atoms with van der Waals surface area (Å²) in [7, 11) is 0. The molecule has 4 heteroatoms. The first-order valence-corrected chi connectivity index (χ1v) is 3.94. The molecule has 0 aromatic heterocycles. The Morgan fingerprint density at radius 3 is 3.18 bits per heavy atom. The van der Waals surface area contributed by atoms with Gasteiger partial charge in [-0.3, -0.25) is 0 Å². The molecular formula is C7H8N2OS. The van der Waals surface area contributed by atoms with Crippen molar-refractivity contribution in [1.82, 2.24) is 10.6 Å². The van der Waals surface area contributed by atoms with E-state index in [1.54, 1.807) is 11.5 Å². The van der Waals surface area contributed by atoms with Crippen LogP contribution in [0, 0.1) is 0 Å². The lowest BCUT2D eigenvalue weighted by Crippen LogP contribution is -2.39. The Bertz CT molecular complexity index is 270. The second-order valence-corrected chi connectivity index (χ2v) is 2.91. The molecule has 2 aliphatic rings. The van der Waals surface area contributed by atoms with E-state index in [-0.39, 0.29) is 6.03 Å². The highest BCUT2D eigenvalue weighted by atomic mass is 32.1. The number of hydrogen-bond acceptors (Lipinski definition) is 2. The molecule has 1 heterocycles. The molecule has 1 aliphatic carbocycles. The topological polar surface area (TPSA) is 41.1 Å². The van der Waals surface area contributed by atoms with E-state index in [1.807, 2.05) is 0 Å². The second kappa shape index (κ2) is 2.30. The van der Waals surface area contributed by atoms with Gasteiger partial charge >= 0.3 is 6.03 Å². The van der Waals surface area contributed by atoms with Crippen molar-refractivity contribution in [2.75, 3.05) is 0 Å². The highest BCUT2D eigenvalue weighted by Gasteiger charge is 2.37. The van der Waals surface area contributed by atoms with Crippen molar-refractivity contribution in [3.8, 4) is 0 Å². The summed E-state index contributed by atoms with van der Waals surface area (Å²) >= 11 is 3.93. The fraction of sp³-hybridized carbons (Fsp3) is 0.286. The maximum atomic E-state index is 10.9. The predicted octanol–water partition coefficient (Wildman–Crippen LogP) is 0.769. The average Bonchev–Trinajstić information content (AvgIpc) is 2.66. The van der Waals surface area contributed by atoms with Gasteiger partial charge in [-0.25, -0.2) is 4.79 Å². The normalized spacial score (nSPS) is 28.1. The molecule has 0 aromatic rings. The largest absolute Gasteiger partial charge is 0.331 e. The zero-order chi connectivity index (χ0) is 7.84. The molecule has 0 radical (unpaired) electrons. The molecule has 0 spiro atoms. The maximum absolute atomic E-state index is 10.9. The third kappa shape index (κ3) is 1.14. The van der Waals surface area contributed by atoms with E-state index in [0.29, 0.717) is 6.04 Å². The molecule has 2 amide bonds. The minimum atomic E-state index is -0.113. The van der Waals surface area contributed by atoms with Crippen molar-refractivity contribution in [3.05, 3.63) is 22.8 Å². The zero-order valence-corrected chi connectivity index (χ0v) is 6.69. The van der Waals surface area contributed by atoms with Gasteiger partial charge in [0.25, 0.3) is 0 Å². The molecule has 0 bridgehead atoms. The van der Waals surface area contributed by atoms with E-state index in [4.69, 9.17) is 0 Å². The Hall–Kier alpha value is -0.900. The monoisotopic (exact) mass is 168 g/mol. The van der Waals surface area contributed by atoms with Crippen LogP contribution in [0.2, 0.25) is 0 Å². The third-order valence-electron chi connectivity index (χ3n) is 1.83. The Labute approximate surface area is 70.0 Å². The Kier molecular flexibility index (Phi) is 1.42. The van der Waals surface area contributed by atoms with Gasteiger partial charge < -0.3 is 10.6 Å². The highest BCUT2D eigenvalue weighted by Crippen LogP contribution is 2.34. The van der Waals surface area contributed by atoms with Gasteiger partial charge in [-0.05, 0) is 23.5 Å². The van der Waals surface area contributed by atoms with Crippen LogP contribution in [0.15, 0.2) is 22.8 Å². The molecule has 1 aliphatic heterocycles. The van der Waals surface area contributed by atoms with Gasteiger partial charge in [0.15, 0.2) is 0 Å². The Morgan fingerprint density at radius 2 is 2.45 bits per heavy atom. The number of rotatable bonds is 1. The summed E-state index contributed by atoms with van der Waals surface area (Å²) < 4.78 is 0. The number of amides is 2. The molecule has 2 N–H and O–H groups in total. The van der Waals surface area contributed by atoms with E-state index in [2.05, 4.69) is 23.3 Å². The number of carbonyl (C=O) groups excluding carboxylic acids is 1. The van der Waals surface area contributed by atoms with Crippen molar-refractivity contribution >= 4 is 18.7 Å². The van der Waals surface area contributed by atoms with E-state index in [0.717, 1.165) is 12.1 Å². The number of allylic oxidation sites excluding steroid dienone is 1. The molecule has 1 atom stereocenters. The first-order chi connectivity index (χ1) is 5.31. The Morgan fingerprint density at radius 1 is 1.64 bits per heavy atom. The van der Waals surface area contributed by atoms with E-state index < -0.39 is 0 Å². The van der Waals surface area contributed by atoms with Crippen LogP contribution in [-0.2, 0) is 0 Å². The van der Waals surface area contributed by atoms with E-state index in [1.165, 1.54) is 5.57 Å². The van der Waals surface area contributed by atoms with Gasteiger partial charge in [0.1, 0.15) is 0 Å². The molecule has 0 aromatic carbocycles. The average molecular weight is 168 g/mol. The number of thiol groups is 1. The number of nitrogens with one attached hydrogen (secondary N) is 2. The van der Waals surface area contributed by atoms with Gasteiger partial charge in [-0.15, -0.1) is 0 Å². The molecule has 1 unspecified atom stereocenters. The summed E-state index contributed by atoms with van der Waals surface area (Å²) in [6.07, 6.45) is 2.78. The van der Waals surface area contributed by atoms with E-state index >= 15 is 0 Å². The smallest absolute Gasteiger partial charge is 0.319 e. The molecule has 11 heavy (non-hydrogen) atoms. The maximum Gasteiger partial charge on any atom is 0.319 e. The number of carbonyl (C=O) groups is 1. The summed E-state index contributed by atoms with van der Waals surface area (Å²) in [4.78, 5) is 10.9. The molecular weight excluding hydrogens is 160 g/mol. The van der Waals surface area contributed by atoms with Crippen molar-refractivity contribution in [1.29, 1.82) is 0 Å². The highest BCUT2D eigenvalue weighted by molar-refractivity contribution is 7.83. The predicted molar refractivity (Wildman–Crippen MR) is 45.2 cm³/mol. The van der Waals surface area contributed by atoms with Gasteiger partial charge in [0, 0.05) is 5.70 Å². The lowest BCUT2D eigenvalue weighted by Gasteiger charge is -2.11. The first-order valence-electron chi connectivity index (χ1n) is 3.42. The lowest BCUT2D eigenvalue weighted by molar-refractivity contribution is 0.242. The summed E-state index contributed by atoms with van der Waals surface area (Å²) in [5, 5.41) is 7.11. The van der Waals surface area contributed by atoms with Gasteiger partial charge in [0.05, 0.1) is 6.04 Å². The van der Waals surface area contributed by atoms with Crippen molar-refractivity contribution in [2.24, 2.45) is 0 Å². The minimum absolute atomic E-state index is 0.113. The van der Waals surface area contributed by atoms with Gasteiger partial charge in [0.2, 0.25) is 0 Å². The molecule has 3 nitrogen and oxygen atoms in total. The van der Waals surface area contributed by atoms with Crippen LogP contribution >= 0.6 is 12.6 Å². The SMILES string of the molecule is O=C1NC(/C=C\S)=C2CC2N1. The van der Waals surface area contributed by atoms with Crippen LogP contribution in [0.25, 0.3) is 0 Å². The molecule has 58 valence electrons. The summed E-state index contributed by atoms with van der Waals surface area (Å²) in [5.41, 5.74) is 2.18. The summed E-state index contributed by atoms with van der Waals surface area (Å²) in [5.74, 6) is 0. The van der Waals surface area contributed by atoms with Crippen molar-refractivity contribution in [2.45, 2.75) is 12.5 Å². The van der Waals surface area contributed by atoms with Gasteiger partial charge in [-0.2, -0.15) is 12.6 Å². The summed E-state index contributed by atoms with van der Waals surface area (Å²) in [6.45, 7) is 0. The van der Waals surface area contributed by atoms with Crippen molar-refractivity contribution in [3.63, 3.8) is 0 Å². The minimum Gasteiger partial charge on any atom is -0.331 e.